The summed E-state index contributed by atoms with van der Waals surface area (Å²) >= 11 is 0. The topological polar surface area (TPSA) is 109 Å². The molecule has 98 valence electrons. The summed E-state index contributed by atoms with van der Waals surface area (Å²) in [7, 11) is 0. The first-order chi connectivity index (χ1) is 8.53. The Morgan fingerprint density at radius 1 is 1.06 bits per heavy atom. The zero-order valence-corrected chi connectivity index (χ0v) is 10.3. The fourth-order valence-electron chi connectivity index (χ4n) is 1.09. The summed E-state index contributed by atoms with van der Waals surface area (Å²) in [6.45, 7) is 3.34. The maximum atomic E-state index is 11.3. The van der Waals surface area contributed by atoms with Crippen molar-refractivity contribution in [2.45, 2.75) is 39.1 Å². The largest absolute Gasteiger partial charge is 0.397 e. The van der Waals surface area contributed by atoms with Crippen molar-refractivity contribution in [1.29, 1.82) is 10.5 Å². The Hall–Kier alpha value is -2.12. The molecule has 7 nitrogen and oxygen atoms in total. The summed E-state index contributed by atoms with van der Waals surface area (Å²) in [4.78, 5) is 22.5. The van der Waals surface area contributed by atoms with E-state index in [1.807, 2.05) is 0 Å². The van der Waals surface area contributed by atoms with Gasteiger partial charge in [-0.25, -0.2) is 0 Å². The minimum atomic E-state index is -1.86. The smallest absolute Gasteiger partial charge is 0.375 e. The van der Waals surface area contributed by atoms with Crippen LogP contribution in [0, 0.1) is 22.7 Å². The van der Waals surface area contributed by atoms with Crippen molar-refractivity contribution < 1.29 is 23.8 Å². The first-order valence-electron chi connectivity index (χ1n) is 5.35. The van der Waals surface area contributed by atoms with E-state index < -0.39 is 30.8 Å². The molecule has 0 spiro atoms. The molecule has 0 aromatic carbocycles. The number of hydrogen-bond donors (Lipinski definition) is 0. The Balaban J connectivity index is 4.81. The zero-order chi connectivity index (χ0) is 14.0. The van der Waals surface area contributed by atoms with Gasteiger partial charge in [0, 0.05) is 0 Å². The van der Waals surface area contributed by atoms with Gasteiger partial charge >= 0.3 is 17.9 Å². The summed E-state index contributed by atoms with van der Waals surface area (Å²) in [5.74, 6) is -3.59. The van der Waals surface area contributed by atoms with Crippen LogP contribution in [0.3, 0.4) is 0 Å². The highest BCUT2D eigenvalue weighted by Gasteiger charge is 2.38. The predicted octanol–water partition coefficient (Wildman–Crippen LogP) is 1.00. The molecule has 0 N–H and O–H groups in total. The molecule has 0 heterocycles. The van der Waals surface area contributed by atoms with Crippen LogP contribution in [0.4, 0.5) is 0 Å². The summed E-state index contributed by atoms with van der Waals surface area (Å²) in [5, 5.41) is 16.7. The van der Waals surface area contributed by atoms with Gasteiger partial charge in [-0.05, 0) is 6.92 Å². The van der Waals surface area contributed by atoms with Gasteiger partial charge in [-0.3, -0.25) is 9.59 Å². The van der Waals surface area contributed by atoms with E-state index in [0.717, 1.165) is 0 Å². The summed E-state index contributed by atoms with van der Waals surface area (Å²) in [5.41, 5.74) is 0. The fourth-order valence-corrected chi connectivity index (χ4v) is 1.09. The van der Waals surface area contributed by atoms with Crippen LogP contribution in [0.5, 0.6) is 0 Å². The Labute approximate surface area is 105 Å². The van der Waals surface area contributed by atoms with E-state index in [2.05, 4.69) is 0 Å². The van der Waals surface area contributed by atoms with Gasteiger partial charge in [0.25, 0.3) is 0 Å². The maximum absolute atomic E-state index is 11.3. The second-order valence-electron chi connectivity index (χ2n) is 3.09. The Morgan fingerprint density at radius 2 is 1.50 bits per heavy atom. The average Bonchev–Trinajstić information content (AvgIpc) is 2.29. The van der Waals surface area contributed by atoms with Gasteiger partial charge in [-0.2, -0.15) is 10.5 Å². The Kier molecular flexibility index (Phi) is 7.10. The summed E-state index contributed by atoms with van der Waals surface area (Å²) < 4.78 is 14.8. The first-order valence-corrected chi connectivity index (χ1v) is 5.35. The van der Waals surface area contributed by atoms with Crippen LogP contribution in [0.2, 0.25) is 0 Å². The molecule has 0 atom stereocenters. The average molecular weight is 254 g/mol. The lowest BCUT2D eigenvalue weighted by atomic mass is 10.4. The third-order valence-electron chi connectivity index (χ3n) is 1.78. The lowest BCUT2D eigenvalue weighted by Gasteiger charge is -2.30. The molecular formula is C11H14N2O5. The molecule has 0 aromatic heterocycles. The van der Waals surface area contributed by atoms with Crippen LogP contribution < -0.4 is 0 Å². The third-order valence-corrected chi connectivity index (χ3v) is 1.78. The maximum Gasteiger partial charge on any atom is 0.375 e. The SMILES string of the molecule is CCOC(CC)(OC(=O)CC#N)OC(=O)CC#N. The molecule has 0 aromatic rings. The second kappa shape index (κ2) is 8.04. The van der Waals surface area contributed by atoms with Gasteiger partial charge in [-0.1, -0.05) is 6.92 Å². The van der Waals surface area contributed by atoms with Gasteiger partial charge < -0.3 is 14.2 Å². The molecule has 0 aliphatic carbocycles. The van der Waals surface area contributed by atoms with Crippen LogP contribution in [-0.2, 0) is 23.8 Å². The van der Waals surface area contributed by atoms with Gasteiger partial charge in [0.1, 0.15) is 12.8 Å². The highest BCUT2D eigenvalue weighted by atomic mass is 16.9. The molecule has 0 radical (unpaired) electrons. The van der Waals surface area contributed by atoms with E-state index in [4.69, 9.17) is 24.7 Å². The predicted molar refractivity (Wildman–Crippen MR) is 57.3 cm³/mol. The molecule has 0 fully saturated rings. The number of rotatable bonds is 7. The lowest BCUT2D eigenvalue weighted by Crippen LogP contribution is -2.42. The molecule has 0 aliphatic rings. The van der Waals surface area contributed by atoms with Crippen molar-refractivity contribution in [2.24, 2.45) is 0 Å². The Bertz CT molecular complexity index is 350. The van der Waals surface area contributed by atoms with Crippen molar-refractivity contribution in [3.8, 4) is 12.1 Å². The van der Waals surface area contributed by atoms with E-state index in [0.29, 0.717) is 0 Å². The molecular weight excluding hydrogens is 240 g/mol. The highest BCUT2D eigenvalue weighted by molar-refractivity contribution is 5.74. The minimum absolute atomic E-state index is 0.0508. The molecule has 0 saturated heterocycles. The van der Waals surface area contributed by atoms with Gasteiger partial charge in [0.2, 0.25) is 0 Å². The lowest BCUT2D eigenvalue weighted by molar-refractivity contribution is -0.345. The van der Waals surface area contributed by atoms with Crippen LogP contribution >= 0.6 is 0 Å². The number of nitrogens with zero attached hydrogens (tertiary/aromatic N) is 2. The number of ether oxygens (including phenoxy) is 3. The monoisotopic (exact) mass is 254 g/mol. The van der Waals surface area contributed by atoms with E-state index in [1.165, 1.54) is 0 Å². The van der Waals surface area contributed by atoms with Crippen LogP contribution in [0.1, 0.15) is 33.1 Å². The van der Waals surface area contributed by atoms with Crippen molar-refractivity contribution in [1.82, 2.24) is 0 Å². The van der Waals surface area contributed by atoms with Crippen LogP contribution in [0.15, 0.2) is 0 Å². The normalized spacial score (nSPS) is 10.0. The highest BCUT2D eigenvalue weighted by Crippen LogP contribution is 2.21. The summed E-state index contributed by atoms with van der Waals surface area (Å²) in [6, 6.07) is 3.22. The van der Waals surface area contributed by atoms with E-state index in [9.17, 15) is 9.59 Å². The quantitative estimate of drug-likeness (QED) is 0.492. The van der Waals surface area contributed by atoms with Crippen LogP contribution in [0.25, 0.3) is 0 Å². The van der Waals surface area contributed by atoms with Gasteiger partial charge in [-0.15, -0.1) is 0 Å². The van der Waals surface area contributed by atoms with Crippen molar-refractivity contribution in [2.75, 3.05) is 6.61 Å². The second-order valence-corrected chi connectivity index (χ2v) is 3.09. The first kappa shape index (κ1) is 15.9. The minimum Gasteiger partial charge on any atom is -0.397 e. The molecule has 0 aliphatic heterocycles. The number of carbonyl (C=O) groups excluding carboxylic acids is 2. The van der Waals surface area contributed by atoms with Gasteiger partial charge in [0.15, 0.2) is 0 Å². The van der Waals surface area contributed by atoms with Crippen molar-refractivity contribution >= 4 is 11.9 Å². The molecule has 7 heteroatoms. The zero-order valence-electron chi connectivity index (χ0n) is 10.3. The van der Waals surface area contributed by atoms with E-state index >= 15 is 0 Å². The number of carbonyl (C=O) groups is 2. The van der Waals surface area contributed by atoms with Gasteiger partial charge in [0.05, 0.1) is 25.2 Å². The summed E-state index contributed by atoms with van der Waals surface area (Å²) in [6.07, 6.45) is -0.912. The molecule has 0 amide bonds. The van der Waals surface area contributed by atoms with E-state index in [1.54, 1.807) is 26.0 Å². The number of nitriles is 2. The molecule has 0 unspecified atom stereocenters. The van der Waals surface area contributed by atoms with Crippen molar-refractivity contribution in [3.05, 3.63) is 0 Å². The number of esters is 2. The molecule has 0 rings (SSSR count). The van der Waals surface area contributed by atoms with Crippen LogP contribution in [-0.4, -0.2) is 24.5 Å². The van der Waals surface area contributed by atoms with Crippen molar-refractivity contribution in [3.63, 3.8) is 0 Å². The standard InChI is InChI=1S/C11H14N2O5/c1-3-11(16-4-2,17-9(14)5-7-12)18-10(15)6-8-13/h3-6H2,1-2H3. The Morgan fingerprint density at radius 3 is 1.78 bits per heavy atom. The number of hydrogen-bond acceptors (Lipinski definition) is 7. The van der Waals surface area contributed by atoms with E-state index in [-0.39, 0.29) is 13.0 Å². The molecule has 0 bridgehead atoms. The molecule has 0 saturated carbocycles. The molecule has 18 heavy (non-hydrogen) atoms. The third kappa shape index (κ3) is 5.28. The fraction of sp³-hybridized carbons (Fsp3) is 0.636.